The molecule has 3 N–H and O–H groups in total. The van der Waals surface area contributed by atoms with Crippen LogP contribution < -0.4 is 10.5 Å². The molecule has 84 valence electrons. The Morgan fingerprint density at radius 2 is 1.93 bits per heavy atom. The fourth-order valence-electron chi connectivity index (χ4n) is 0.953. The fraction of sp³-hybridized carbons (Fsp3) is 0.333. The van der Waals surface area contributed by atoms with Gasteiger partial charge in [-0.2, -0.15) is 0 Å². The number of nitrogens with two attached hydrogens (primary N) is 1. The van der Waals surface area contributed by atoms with Crippen LogP contribution in [0.3, 0.4) is 0 Å². The summed E-state index contributed by atoms with van der Waals surface area (Å²) in [6.45, 7) is 3.07. The molecule has 1 aromatic carbocycles. The highest BCUT2D eigenvalue weighted by atomic mass is 32.2. The van der Waals surface area contributed by atoms with E-state index in [0.29, 0.717) is 0 Å². The summed E-state index contributed by atoms with van der Waals surface area (Å²) >= 11 is 0. The van der Waals surface area contributed by atoms with Crippen LogP contribution >= 0.6 is 0 Å². The molecule has 0 amide bonds. The molecule has 6 heteroatoms. The molecule has 0 saturated carbocycles. The Morgan fingerprint density at radius 1 is 1.33 bits per heavy atom. The third-order valence-corrected chi connectivity index (χ3v) is 3.56. The number of nitrogens with one attached hydrogen (secondary N) is 1. The van der Waals surface area contributed by atoms with E-state index in [1.807, 2.05) is 0 Å². The van der Waals surface area contributed by atoms with Gasteiger partial charge in [0.05, 0.1) is 10.9 Å². The monoisotopic (exact) mass is 232 g/mol. The van der Waals surface area contributed by atoms with Gasteiger partial charge in [-0.3, -0.25) is 4.72 Å². The summed E-state index contributed by atoms with van der Waals surface area (Å²) in [5.74, 6) is -0.573. The molecular formula is C9H13FN2O2S. The summed E-state index contributed by atoms with van der Waals surface area (Å²) in [4.78, 5) is 0. The molecule has 0 heterocycles. The van der Waals surface area contributed by atoms with E-state index in [2.05, 4.69) is 4.72 Å². The molecule has 0 aliphatic carbocycles. The highest BCUT2D eigenvalue weighted by Crippen LogP contribution is 2.17. The SMILES string of the molecule is CC(C)S(=O)(=O)Nc1cc(N)cc(F)c1. The molecule has 0 unspecified atom stereocenters. The maximum absolute atomic E-state index is 12.9. The van der Waals surface area contributed by atoms with Crippen LogP contribution in [0.2, 0.25) is 0 Å². The molecule has 4 nitrogen and oxygen atoms in total. The van der Waals surface area contributed by atoms with Crippen molar-refractivity contribution >= 4 is 21.4 Å². The van der Waals surface area contributed by atoms with E-state index in [4.69, 9.17) is 5.73 Å². The Balaban J connectivity index is 3.00. The third kappa shape index (κ3) is 3.09. The first-order valence-corrected chi connectivity index (χ1v) is 5.93. The van der Waals surface area contributed by atoms with E-state index in [1.165, 1.54) is 19.9 Å². The predicted molar refractivity (Wildman–Crippen MR) is 58.5 cm³/mol. The zero-order valence-electron chi connectivity index (χ0n) is 8.49. The van der Waals surface area contributed by atoms with Gasteiger partial charge in [-0.05, 0) is 32.0 Å². The lowest BCUT2D eigenvalue weighted by atomic mass is 10.3. The first-order valence-electron chi connectivity index (χ1n) is 4.39. The predicted octanol–water partition coefficient (Wildman–Crippen LogP) is 1.56. The smallest absolute Gasteiger partial charge is 0.235 e. The molecule has 0 bridgehead atoms. The Labute approximate surface area is 88.3 Å². The van der Waals surface area contributed by atoms with E-state index in [9.17, 15) is 12.8 Å². The highest BCUT2D eigenvalue weighted by Gasteiger charge is 2.15. The second-order valence-corrected chi connectivity index (χ2v) is 5.71. The number of anilines is 2. The van der Waals surface area contributed by atoms with E-state index in [1.54, 1.807) is 0 Å². The minimum atomic E-state index is -3.46. The van der Waals surface area contributed by atoms with Gasteiger partial charge in [0.2, 0.25) is 10.0 Å². The standard InChI is InChI=1S/C9H13FN2O2S/c1-6(2)15(13,14)12-9-4-7(10)3-8(11)5-9/h3-6,12H,11H2,1-2H3. The van der Waals surface area contributed by atoms with Crippen molar-refractivity contribution in [3.63, 3.8) is 0 Å². The topological polar surface area (TPSA) is 72.2 Å². The summed E-state index contributed by atoms with van der Waals surface area (Å²) in [6, 6.07) is 3.56. The maximum atomic E-state index is 12.9. The van der Waals surface area contributed by atoms with E-state index in [-0.39, 0.29) is 11.4 Å². The largest absolute Gasteiger partial charge is 0.399 e. The molecule has 0 aliphatic heterocycles. The minimum Gasteiger partial charge on any atom is -0.399 e. The van der Waals surface area contributed by atoms with Gasteiger partial charge < -0.3 is 5.73 Å². The van der Waals surface area contributed by atoms with Gasteiger partial charge in [-0.25, -0.2) is 12.8 Å². The van der Waals surface area contributed by atoms with Crippen LogP contribution in [0.25, 0.3) is 0 Å². The number of nitrogen functional groups attached to an aromatic ring is 1. The average Bonchev–Trinajstić information content (AvgIpc) is 1.99. The maximum Gasteiger partial charge on any atom is 0.235 e. The lowest BCUT2D eigenvalue weighted by Gasteiger charge is -2.11. The third-order valence-electron chi connectivity index (χ3n) is 1.80. The lowest BCUT2D eigenvalue weighted by molar-refractivity contribution is 0.592. The lowest BCUT2D eigenvalue weighted by Crippen LogP contribution is -2.22. The van der Waals surface area contributed by atoms with E-state index >= 15 is 0 Å². The Kier molecular flexibility index (Phi) is 3.18. The molecule has 0 aromatic heterocycles. The van der Waals surface area contributed by atoms with Gasteiger partial charge >= 0.3 is 0 Å². The van der Waals surface area contributed by atoms with Crippen molar-refractivity contribution in [2.75, 3.05) is 10.5 Å². The molecule has 0 saturated heterocycles. The zero-order valence-corrected chi connectivity index (χ0v) is 9.31. The normalized spacial score (nSPS) is 11.7. The van der Waals surface area contributed by atoms with Crippen molar-refractivity contribution in [2.24, 2.45) is 0 Å². The van der Waals surface area contributed by atoms with Gasteiger partial charge in [-0.15, -0.1) is 0 Å². The van der Waals surface area contributed by atoms with Crippen LogP contribution in [0.1, 0.15) is 13.8 Å². The van der Waals surface area contributed by atoms with Crippen LogP contribution in [-0.4, -0.2) is 13.7 Å². The molecule has 0 spiro atoms. The Bertz CT molecular complexity index is 437. The minimum absolute atomic E-state index is 0.140. The van der Waals surface area contributed by atoms with Gasteiger partial charge in [0.15, 0.2) is 0 Å². The molecule has 0 fully saturated rings. The summed E-state index contributed by atoms with van der Waals surface area (Å²) in [6.07, 6.45) is 0. The summed E-state index contributed by atoms with van der Waals surface area (Å²) in [5, 5.41) is -0.581. The first kappa shape index (κ1) is 11.8. The Hall–Kier alpha value is -1.30. The van der Waals surface area contributed by atoms with Crippen molar-refractivity contribution in [2.45, 2.75) is 19.1 Å². The molecule has 0 atom stereocenters. The molecule has 0 radical (unpaired) electrons. The van der Waals surface area contributed by atoms with Crippen LogP contribution in [0.5, 0.6) is 0 Å². The number of hydrogen-bond donors (Lipinski definition) is 2. The van der Waals surface area contributed by atoms with Gasteiger partial charge in [0.1, 0.15) is 5.82 Å². The second-order valence-electron chi connectivity index (χ2n) is 3.47. The van der Waals surface area contributed by atoms with Crippen molar-refractivity contribution in [1.82, 2.24) is 0 Å². The number of halogens is 1. The van der Waals surface area contributed by atoms with Crippen LogP contribution in [-0.2, 0) is 10.0 Å². The van der Waals surface area contributed by atoms with Crippen molar-refractivity contribution < 1.29 is 12.8 Å². The fourth-order valence-corrected chi connectivity index (χ4v) is 1.64. The average molecular weight is 232 g/mol. The van der Waals surface area contributed by atoms with Crippen molar-refractivity contribution in [3.05, 3.63) is 24.0 Å². The number of sulfonamides is 1. The van der Waals surface area contributed by atoms with Gasteiger partial charge in [0.25, 0.3) is 0 Å². The zero-order chi connectivity index (χ0) is 11.6. The molecular weight excluding hydrogens is 219 g/mol. The number of rotatable bonds is 3. The Morgan fingerprint density at radius 3 is 2.40 bits per heavy atom. The number of hydrogen-bond acceptors (Lipinski definition) is 3. The number of benzene rings is 1. The molecule has 0 aliphatic rings. The van der Waals surface area contributed by atoms with Crippen LogP contribution in [0.4, 0.5) is 15.8 Å². The highest BCUT2D eigenvalue weighted by molar-refractivity contribution is 7.93. The van der Waals surface area contributed by atoms with Gasteiger partial charge in [0, 0.05) is 5.69 Å². The molecule has 15 heavy (non-hydrogen) atoms. The summed E-state index contributed by atoms with van der Waals surface area (Å²) in [5.41, 5.74) is 5.70. The van der Waals surface area contributed by atoms with Gasteiger partial charge in [-0.1, -0.05) is 0 Å². The quantitative estimate of drug-likeness (QED) is 0.777. The first-order chi connectivity index (χ1) is 6.81. The summed E-state index contributed by atoms with van der Waals surface area (Å²) < 4.78 is 38.0. The molecule has 1 aromatic rings. The van der Waals surface area contributed by atoms with Crippen molar-refractivity contribution in [1.29, 1.82) is 0 Å². The second kappa shape index (κ2) is 4.06. The van der Waals surface area contributed by atoms with Crippen LogP contribution in [0.15, 0.2) is 18.2 Å². The summed E-state index contributed by atoms with van der Waals surface area (Å²) in [7, 11) is -3.46. The van der Waals surface area contributed by atoms with Crippen molar-refractivity contribution in [3.8, 4) is 0 Å². The van der Waals surface area contributed by atoms with Crippen LogP contribution in [0, 0.1) is 5.82 Å². The molecule has 1 rings (SSSR count). The van der Waals surface area contributed by atoms with E-state index in [0.717, 1.165) is 12.1 Å². The van der Waals surface area contributed by atoms with E-state index < -0.39 is 21.1 Å².